The molecule has 0 aromatic carbocycles. The van der Waals surface area contributed by atoms with E-state index in [1.807, 2.05) is 0 Å². The number of nitrogens with one attached hydrogen (secondary N) is 1. The minimum absolute atomic E-state index is 0.120. The van der Waals surface area contributed by atoms with Crippen molar-refractivity contribution in [2.75, 3.05) is 33.4 Å². The van der Waals surface area contributed by atoms with Crippen LogP contribution in [0.3, 0.4) is 0 Å². The van der Waals surface area contributed by atoms with Gasteiger partial charge < -0.3 is 25.2 Å². The Kier molecular flexibility index (Phi) is 8.07. The standard InChI is InChI=1S/C14H26N2O5/c1-21-9-3-5-12(13(18)19)15-14(20)16-7-2-4-11(10-16)6-8-17/h11-12,17H,2-10H2,1H3,(H,15,20)(H,18,19). The van der Waals surface area contributed by atoms with Gasteiger partial charge in [0.25, 0.3) is 0 Å². The third-order valence-corrected chi connectivity index (χ3v) is 3.78. The molecule has 2 atom stereocenters. The van der Waals surface area contributed by atoms with Crippen LogP contribution in [0, 0.1) is 5.92 Å². The van der Waals surface area contributed by atoms with Crippen molar-refractivity contribution in [3.05, 3.63) is 0 Å². The summed E-state index contributed by atoms with van der Waals surface area (Å²) in [6.07, 6.45) is 3.50. The smallest absolute Gasteiger partial charge is 0.326 e. The first-order valence-corrected chi connectivity index (χ1v) is 7.46. The molecule has 2 unspecified atom stereocenters. The van der Waals surface area contributed by atoms with E-state index in [1.54, 1.807) is 12.0 Å². The summed E-state index contributed by atoms with van der Waals surface area (Å²) >= 11 is 0. The minimum Gasteiger partial charge on any atom is -0.480 e. The molecule has 1 aliphatic heterocycles. The molecule has 0 saturated carbocycles. The van der Waals surface area contributed by atoms with Crippen LogP contribution in [0.1, 0.15) is 32.1 Å². The normalized spacial score (nSPS) is 20.1. The van der Waals surface area contributed by atoms with E-state index in [0.29, 0.717) is 44.9 Å². The zero-order valence-electron chi connectivity index (χ0n) is 12.6. The Labute approximate surface area is 125 Å². The van der Waals surface area contributed by atoms with E-state index in [9.17, 15) is 9.59 Å². The molecule has 0 bridgehead atoms. The number of carbonyl (C=O) groups excluding carboxylic acids is 1. The molecule has 0 aromatic heterocycles. The van der Waals surface area contributed by atoms with Gasteiger partial charge in [-0.05, 0) is 38.0 Å². The van der Waals surface area contributed by atoms with Crippen molar-refractivity contribution in [3.63, 3.8) is 0 Å². The number of carboxylic acids is 1. The van der Waals surface area contributed by atoms with E-state index >= 15 is 0 Å². The van der Waals surface area contributed by atoms with E-state index in [4.69, 9.17) is 14.9 Å². The predicted octanol–water partition coefficient (Wildman–Crippen LogP) is 0.670. The minimum atomic E-state index is -1.02. The lowest BCUT2D eigenvalue weighted by atomic mass is 9.95. The Morgan fingerprint density at radius 1 is 1.48 bits per heavy atom. The molecule has 122 valence electrons. The molecule has 0 aliphatic carbocycles. The summed E-state index contributed by atoms with van der Waals surface area (Å²) < 4.78 is 4.89. The van der Waals surface area contributed by atoms with Gasteiger partial charge in [-0.2, -0.15) is 0 Å². The van der Waals surface area contributed by atoms with Crippen LogP contribution in [0.4, 0.5) is 4.79 Å². The number of hydrogen-bond donors (Lipinski definition) is 3. The second kappa shape index (κ2) is 9.57. The third-order valence-electron chi connectivity index (χ3n) is 3.78. The molecule has 3 N–H and O–H groups in total. The molecule has 0 radical (unpaired) electrons. The van der Waals surface area contributed by atoms with Gasteiger partial charge in [0.2, 0.25) is 0 Å². The highest BCUT2D eigenvalue weighted by atomic mass is 16.5. The Morgan fingerprint density at radius 2 is 2.24 bits per heavy atom. The maximum absolute atomic E-state index is 12.2. The zero-order valence-corrected chi connectivity index (χ0v) is 12.6. The Morgan fingerprint density at radius 3 is 2.86 bits per heavy atom. The molecule has 2 amide bonds. The summed E-state index contributed by atoms with van der Waals surface area (Å²) in [5, 5.41) is 20.7. The van der Waals surface area contributed by atoms with Gasteiger partial charge in [0, 0.05) is 33.4 Å². The summed E-state index contributed by atoms with van der Waals surface area (Å²) in [5.41, 5.74) is 0. The van der Waals surface area contributed by atoms with Gasteiger partial charge in [-0.25, -0.2) is 9.59 Å². The number of ether oxygens (including phenoxy) is 1. The van der Waals surface area contributed by atoms with Crippen molar-refractivity contribution in [1.82, 2.24) is 10.2 Å². The van der Waals surface area contributed by atoms with Crippen LogP contribution in [0.15, 0.2) is 0 Å². The second-order valence-electron chi connectivity index (χ2n) is 5.44. The van der Waals surface area contributed by atoms with Crippen LogP contribution in [0.2, 0.25) is 0 Å². The SMILES string of the molecule is COCCCC(NC(=O)N1CCCC(CCO)C1)C(=O)O. The first kappa shape index (κ1) is 17.7. The van der Waals surface area contributed by atoms with Gasteiger partial charge in [0.1, 0.15) is 6.04 Å². The number of urea groups is 1. The fraction of sp³-hybridized carbons (Fsp3) is 0.857. The van der Waals surface area contributed by atoms with Crippen molar-refractivity contribution in [3.8, 4) is 0 Å². The number of hydrogen-bond acceptors (Lipinski definition) is 4. The Balaban J connectivity index is 2.46. The molecular weight excluding hydrogens is 276 g/mol. The zero-order chi connectivity index (χ0) is 15.7. The highest BCUT2D eigenvalue weighted by molar-refractivity contribution is 5.82. The number of piperidine rings is 1. The van der Waals surface area contributed by atoms with Crippen LogP contribution < -0.4 is 5.32 Å². The monoisotopic (exact) mass is 302 g/mol. The molecule has 1 rings (SSSR count). The quantitative estimate of drug-likeness (QED) is 0.572. The number of likely N-dealkylation sites (tertiary alicyclic amines) is 1. The molecule has 21 heavy (non-hydrogen) atoms. The lowest BCUT2D eigenvalue weighted by molar-refractivity contribution is -0.139. The van der Waals surface area contributed by atoms with Crippen molar-refractivity contribution >= 4 is 12.0 Å². The van der Waals surface area contributed by atoms with Crippen LogP contribution in [0.5, 0.6) is 0 Å². The highest BCUT2D eigenvalue weighted by Crippen LogP contribution is 2.19. The number of aliphatic carboxylic acids is 1. The Bertz CT molecular complexity index is 335. The third kappa shape index (κ3) is 6.31. The van der Waals surface area contributed by atoms with E-state index in [1.165, 1.54) is 0 Å². The molecule has 7 heteroatoms. The van der Waals surface area contributed by atoms with E-state index < -0.39 is 12.0 Å². The molecule has 1 fully saturated rings. The average Bonchev–Trinajstić information content (AvgIpc) is 2.46. The lowest BCUT2D eigenvalue weighted by Crippen LogP contribution is -2.50. The van der Waals surface area contributed by atoms with E-state index in [-0.39, 0.29) is 12.6 Å². The largest absolute Gasteiger partial charge is 0.480 e. The first-order valence-electron chi connectivity index (χ1n) is 7.46. The second-order valence-corrected chi connectivity index (χ2v) is 5.44. The van der Waals surface area contributed by atoms with Gasteiger partial charge in [-0.3, -0.25) is 0 Å². The molecule has 7 nitrogen and oxygen atoms in total. The summed E-state index contributed by atoms with van der Waals surface area (Å²) in [4.78, 5) is 25.0. The van der Waals surface area contributed by atoms with E-state index in [0.717, 1.165) is 12.8 Å². The van der Waals surface area contributed by atoms with Crippen molar-refractivity contribution in [2.24, 2.45) is 5.92 Å². The first-order chi connectivity index (χ1) is 10.1. The van der Waals surface area contributed by atoms with Crippen LogP contribution in [0.25, 0.3) is 0 Å². The van der Waals surface area contributed by atoms with Crippen LogP contribution in [-0.4, -0.2) is 66.6 Å². The topological polar surface area (TPSA) is 99.1 Å². The van der Waals surface area contributed by atoms with Gasteiger partial charge >= 0.3 is 12.0 Å². The van der Waals surface area contributed by atoms with Crippen molar-refractivity contribution in [1.29, 1.82) is 0 Å². The van der Waals surface area contributed by atoms with Crippen molar-refractivity contribution in [2.45, 2.75) is 38.1 Å². The maximum atomic E-state index is 12.2. The van der Waals surface area contributed by atoms with Gasteiger partial charge in [-0.15, -0.1) is 0 Å². The fourth-order valence-electron chi connectivity index (χ4n) is 2.60. The number of carboxylic acid groups (broad SMARTS) is 1. The number of nitrogens with zero attached hydrogens (tertiary/aromatic N) is 1. The Hall–Kier alpha value is -1.34. The summed E-state index contributed by atoms with van der Waals surface area (Å²) in [5.74, 6) is -0.727. The summed E-state index contributed by atoms with van der Waals surface area (Å²) in [6.45, 7) is 1.81. The maximum Gasteiger partial charge on any atom is 0.326 e. The number of aliphatic hydroxyl groups is 1. The average molecular weight is 302 g/mol. The van der Waals surface area contributed by atoms with Gasteiger partial charge in [0.15, 0.2) is 0 Å². The lowest BCUT2D eigenvalue weighted by Gasteiger charge is -2.33. The number of carbonyl (C=O) groups is 2. The number of amides is 2. The fourth-order valence-corrected chi connectivity index (χ4v) is 2.60. The number of rotatable bonds is 8. The highest BCUT2D eigenvalue weighted by Gasteiger charge is 2.26. The van der Waals surface area contributed by atoms with Gasteiger partial charge in [0.05, 0.1) is 0 Å². The summed E-state index contributed by atoms with van der Waals surface area (Å²) in [7, 11) is 1.56. The number of aliphatic hydroxyl groups excluding tert-OH is 1. The molecule has 1 saturated heterocycles. The van der Waals surface area contributed by atoms with E-state index in [2.05, 4.69) is 5.32 Å². The number of methoxy groups -OCH3 is 1. The molecule has 1 heterocycles. The predicted molar refractivity (Wildman–Crippen MR) is 77.1 cm³/mol. The van der Waals surface area contributed by atoms with Crippen LogP contribution in [-0.2, 0) is 9.53 Å². The molecule has 1 aliphatic rings. The molecule has 0 aromatic rings. The van der Waals surface area contributed by atoms with Gasteiger partial charge in [-0.1, -0.05) is 0 Å². The molecule has 0 spiro atoms. The van der Waals surface area contributed by atoms with Crippen LogP contribution >= 0.6 is 0 Å². The molecular formula is C14H26N2O5. The van der Waals surface area contributed by atoms with Crippen molar-refractivity contribution < 1.29 is 24.5 Å². The summed E-state index contributed by atoms with van der Waals surface area (Å²) in [6, 6.07) is -1.21.